The number of hydrogen-bond acceptors (Lipinski definition) is 12. The van der Waals surface area contributed by atoms with Gasteiger partial charge in [-0.05, 0) is 0 Å². The van der Waals surface area contributed by atoms with Crippen LogP contribution in [0.4, 0.5) is 15.5 Å². The van der Waals surface area contributed by atoms with Crippen LogP contribution in [0.15, 0.2) is 37.4 Å². The molecule has 0 spiro atoms. The molecule has 19 nitrogen and oxygen atoms in total. The number of aryl methyl sites for hydroxylation is 2. The minimum Gasteiger partial charge on any atom is -1.00 e. The van der Waals surface area contributed by atoms with Gasteiger partial charge in [0, 0.05) is 14.2 Å². The van der Waals surface area contributed by atoms with E-state index < -0.39 is 41.6 Å². The van der Waals surface area contributed by atoms with Gasteiger partial charge in [-0.2, -0.15) is 0 Å². The van der Waals surface area contributed by atoms with Crippen molar-refractivity contribution in [1.82, 2.24) is 9.13 Å². The largest absolute Gasteiger partial charge is 1.00 e. The van der Waals surface area contributed by atoms with E-state index in [9.17, 15) is 49.2 Å². The molecule has 0 aliphatic carbocycles. The molecule has 0 amide bonds. The van der Waals surface area contributed by atoms with E-state index in [1.807, 2.05) is 69.8 Å². The van der Waals surface area contributed by atoms with Crippen molar-refractivity contribution in [2.45, 2.75) is 13.5 Å². The molecule has 0 aromatic carbocycles. The van der Waals surface area contributed by atoms with E-state index in [-0.39, 0.29) is 69.3 Å². The Labute approximate surface area is 308 Å². The van der Waals surface area contributed by atoms with Crippen molar-refractivity contribution in [3.8, 4) is 0 Å². The maximum absolute atomic E-state index is 11.1. The Kier molecular flexibility index (Phi) is 33.1. The molecular formula is C16H32ClF4KN6O13S4. The summed E-state index contributed by atoms with van der Waals surface area (Å²) in [6, 6.07) is 0. The zero-order valence-electron chi connectivity index (χ0n) is 24.3. The van der Waals surface area contributed by atoms with Gasteiger partial charge in [-0.1, -0.05) is 0 Å². The van der Waals surface area contributed by atoms with Crippen molar-refractivity contribution >= 4 is 41.6 Å². The molecule has 0 aliphatic heterocycles. The van der Waals surface area contributed by atoms with E-state index in [4.69, 9.17) is 18.9 Å². The second-order valence-electron chi connectivity index (χ2n) is 7.04. The SMILES string of the molecule is COCCOCn1cc[n+](C)c1.COCCOCn1cc[n+](C)c1.O.O=S(=O)(F)[N-]S(=O)(=O)F.O=S(=O)(F)[N-]S(=O)(=O)F.[Cl-].[K+]. The van der Waals surface area contributed by atoms with Crippen molar-refractivity contribution in [1.29, 1.82) is 0 Å². The summed E-state index contributed by atoms with van der Waals surface area (Å²) < 4.78 is 148. The van der Waals surface area contributed by atoms with Gasteiger partial charge in [0.25, 0.3) is 0 Å². The maximum atomic E-state index is 11.1. The van der Waals surface area contributed by atoms with Crippen LogP contribution >= 0.6 is 0 Å². The Bertz CT molecular complexity index is 1300. The molecule has 2 rings (SSSR count). The molecule has 45 heavy (non-hydrogen) atoms. The molecule has 29 heteroatoms. The quantitative estimate of drug-likeness (QED) is 0.0569. The number of methoxy groups -OCH3 is 2. The van der Waals surface area contributed by atoms with Crippen LogP contribution in [-0.4, -0.2) is 88.9 Å². The summed E-state index contributed by atoms with van der Waals surface area (Å²) in [5.41, 5.74) is 0. The third-order valence-electron chi connectivity index (χ3n) is 3.35. The molecule has 0 unspecified atom stereocenters. The first-order chi connectivity index (χ1) is 19.1. The summed E-state index contributed by atoms with van der Waals surface area (Å²) in [5, 5.41) is 0. The van der Waals surface area contributed by atoms with Crippen molar-refractivity contribution in [2.24, 2.45) is 14.1 Å². The van der Waals surface area contributed by atoms with E-state index in [2.05, 4.69) is 0 Å². The second-order valence-corrected chi connectivity index (χ2v) is 11.5. The average Bonchev–Trinajstić information content (AvgIpc) is 3.38. The molecule has 0 saturated heterocycles. The summed E-state index contributed by atoms with van der Waals surface area (Å²) in [4.78, 5) is 0. The molecule has 0 bridgehead atoms. The monoisotopic (exact) mass is 794 g/mol. The minimum absolute atomic E-state index is 0. The third kappa shape index (κ3) is 43.6. The Hall–Kier alpha value is -0.414. The van der Waals surface area contributed by atoms with Gasteiger partial charge in [0.05, 0.1) is 40.5 Å². The number of nitrogens with zero attached hydrogens (tertiary/aromatic N) is 6. The first-order valence-electron chi connectivity index (χ1n) is 10.5. The Morgan fingerprint density at radius 2 is 0.889 bits per heavy atom. The van der Waals surface area contributed by atoms with Crippen LogP contribution in [0.3, 0.4) is 0 Å². The first-order valence-corrected chi connectivity index (χ1v) is 15.9. The molecule has 2 aromatic heterocycles. The van der Waals surface area contributed by atoms with Crippen LogP contribution in [0.25, 0.3) is 8.25 Å². The molecule has 0 aliphatic rings. The fourth-order valence-electron chi connectivity index (χ4n) is 1.99. The molecule has 0 radical (unpaired) electrons. The van der Waals surface area contributed by atoms with Gasteiger partial charge in [0.2, 0.25) is 54.3 Å². The average molecular weight is 795 g/mol. The van der Waals surface area contributed by atoms with E-state index in [0.717, 1.165) is 8.25 Å². The normalized spacial score (nSPS) is 11.0. The zero-order valence-corrected chi connectivity index (χ0v) is 31.5. The summed E-state index contributed by atoms with van der Waals surface area (Å²) in [6.07, 6.45) is 11.8. The van der Waals surface area contributed by atoms with Crippen LogP contribution in [-0.2, 0) is 88.1 Å². The number of aromatic nitrogens is 4. The van der Waals surface area contributed by atoms with E-state index in [1.54, 1.807) is 14.2 Å². The maximum Gasteiger partial charge on any atom is 1.00 e. The van der Waals surface area contributed by atoms with Crippen molar-refractivity contribution in [3.63, 3.8) is 0 Å². The molecular weight excluding hydrogens is 763 g/mol. The number of ether oxygens (including phenoxy) is 4. The Morgan fingerprint density at radius 1 is 0.622 bits per heavy atom. The van der Waals surface area contributed by atoms with Crippen molar-refractivity contribution < 1.29 is 147 Å². The van der Waals surface area contributed by atoms with Crippen LogP contribution < -0.4 is 72.9 Å². The Morgan fingerprint density at radius 3 is 1.04 bits per heavy atom. The molecule has 264 valence electrons. The topological polar surface area (TPSA) is 251 Å². The summed E-state index contributed by atoms with van der Waals surface area (Å²) in [7, 11) is -15.2. The molecule has 0 fully saturated rings. The summed E-state index contributed by atoms with van der Waals surface area (Å²) >= 11 is 0. The summed E-state index contributed by atoms with van der Waals surface area (Å²) in [6.45, 7) is 3.74. The first kappa shape index (κ1) is 54.1. The van der Waals surface area contributed by atoms with Gasteiger partial charge in [-0.25, -0.2) is 51.9 Å². The van der Waals surface area contributed by atoms with E-state index in [1.165, 1.54) is 0 Å². The number of hydrogen-bond donors (Lipinski definition) is 0. The Balaban J connectivity index is -0.000000156. The zero-order chi connectivity index (χ0) is 33.0. The number of imidazole rings is 2. The van der Waals surface area contributed by atoms with Crippen LogP contribution in [0, 0.1) is 0 Å². The third-order valence-corrected chi connectivity index (χ3v) is 6.20. The molecule has 2 heterocycles. The molecule has 0 atom stereocenters. The minimum atomic E-state index is -5.62. The number of halogens is 5. The van der Waals surface area contributed by atoms with E-state index in [0.29, 0.717) is 39.9 Å². The van der Waals surface area contributed by atoms with Gasteiger partial charge < -0.3 is 45.1 Å². The standard InChI is InChI=1S/2C8H15N2O2.ClH.2F2NO4S2.K.H2O/c2*1-9-3-4-10(7-9)8-12-6-5-11-2;;2*1-8(4,5)3-9(2,6)7;;/h2*3-4,7H,5-6,8H2,1-2H3;1H;;;;1H2/q2*+1;;2*-1;+1;/p-1. The fraction of sp³-hybridized carbons (Fsp3) is 0.625. The van der Waals surface area contributed by atoms with Crippen molar-refractivity contribution in [3.05, 3.63) is 45.7 Å². The van der Waals surface area contributed by atoms with Gasteiger partial charge in [-0.3, -0.25) is 0 Å². The predicted octanol–water partition coefficient (Wildman–Crippen LogP) is -7.37. The van der Waals surface area contributed by atoms with E-state index >= 15 is 0 Å². The van der Waals surface area contributed by atoms with Crippen LogP contribution in [0.1, 0.15) is 0 Å². The predicted molar refractivity (Wildman–Crippen MR) is 137 cm³/mol. The smallest absolute Gasteiger partial charge is 1.00 e. The van der Waals surface area contributed by atoms with Crippen LogP contribution in [0.5, 0.6) is 0 Å². The molecule has 2 N–H and O–H groups in total. The summed E-state index contributed by atoms with van der Waals surface area (Å²) in [5.74, 6) is 0. The second kappa shape index (κ2) is 27.5. The molecule has 2 aromatic rings. The van der Waals surface area contributed by atoms with Gasteiger partial charge in [0.1, 0.15) is 24.8 Å². The van der Waals surface area contributed by atoms with Crippen LogP contribution in [0.2, 0.25) is 0 Å². The molecule has 0 saturated carbocycles. The fourth-order valence-corrected chi connectivity index (χ4v) is 3.69. The van der Waals surface area contributed by atoms with Gasteiger partial charge >= 0.3 is 51.4 Å². The van der Waals surface area contributed by atoms with Gasteiger partial charge in [0.15, 0.2) is 13.5 Å². The van der Waals surface area contributed by atoms with Gasteiger partial charge in [-0.15, -0.1) is 15.5 Å². The van der Waals surface area contributed by atoms with Crippen molar-refractivity contribution in [2.75, 3.05) is 40.6 Å². The number of rotatable bonds is 14.